The van der Waals surface area contributed by atoms with Gasteiger partial charge in [-0.25, -0.2) is 9.59 Å². The Bertz CT molecular complexity index is 1000. The van der Waals surface area contributed by atoms with Crippen LogP contribution in [0.25, 0.3) is 5.57 Å². The van der Waals surface area contributed by atoms with E-state index in [-0.39, 0.29) is 5.57 Å². The van der Waals surface area contributed by atoms with E-state index in [1.54, 1.807) is 42.5 Å². The predicted molar refractivity (Wildman–Crippen MR) is 107 cm³/mol. The number of esters is 1. The summed E-state index contributed by atoms with van der Waals surface area (Å²) in [6.07, 6.45) is 2.59. The molecule has 0 saturated heterocycles. The van der Waals surface area contributed by atoms with Gasteiger partial charge in [-0.2, -0.15) is 0 Å². The highest BCUT2D eigenvalue weighted by Crippen LogP contribution is 2.26. The van der Waals surface area contributed by atoms with Crippen molar-refractivity contribution in [2.75, 3.05) is 0 Å². The molecule has 4 nitrogen and oxygen atoms in total. The summed E-state index contributed by atoms with van der Waals surface area (Å²) >= 11 is 0. The number of allylic oxidation sites excluding steroid dienone is 2. The highest BCUT2D eigenvalue weighted by atomic mass is 16.5. The summed E-state index contributed by atoms with van der Waals surface area (Å²) in [6.45, 7) is 0.372. The largest absolute Gasteiger partial charge is 0.488 e. The van der Waals surface area contributed by atoms with E-state index in [9.17, 15) is 9.59 Å². The van der Waals surface area contributed by atoms with Crippen molar-refractivity contribution in [3.05, 3.63) is 114 Å². The van der Waals surface area contributed by atoms with Crippen LogP contribution in [0, 0.1) is 0 Å². The van der Waals surface area contributed by atoms with Crippen LogP contribution in [0.1, 0.15) is 21.5 Å². The molecule has 0 bridgehead atoms. The van der Waals surface area contributed by atoms with E-state index in [1.165, 1.54) is 12.3 Å². The van der Waals surface area contributed by atoms with Crippen LogP contribution in [0.15, 0.2) is 97.3 Å². The Morgan fingerprint density at radius 1 is 0.857 bits per heavy atom. The van der Waals surface area contributed by atoms with Crippen LogP contribution >= 0.6 is 0 Å². The average Bonchev–Trinajstić information content (AvgIpc) is 2.77. The summed E-state index contributed by atoms with van der Waals surface area (Å²) < 4.78 is 11.0. The van der Waals surface area contributed by atoms with E-state index >= 15 is 0 Å². The monoisotopic (exact) mass is 370 g/mol. The molecule has 0 N–H and O–H groups in total. The topological polar surface area (TPSA) is 52.6 Å². The first kappa shape index (κ1) is 18.9. The molecule has 138 valence electrons. The highest BCUT2D eigenvalue weighted by molar-refractivity contribution is 5.95. The van der Waals surface area contributed by atoms with Crippen LogP contribution in [0.3, 0.4) is 0 Å². The molecule has 28 heavy (non-hydrogen) atoms. The van der Waals surface area contributed by atoms with Gasteiger partial charge in [0.05, 0.1) is 17.4 Å². The van der Waals surface area contributed by atoms with Gasteiger partial charge in [0.25, 0.3) is 0 Å². The van der Waals surface area contributed by atoms with Crippen molar-refractivity contribution in [3.8, 4) is 5.75 Å². The zero-order chi connectivity index (χ0) is 19.6. The number of para-hydroxylation sites is 1. The van der Waals surface area contributed by atoms with Crippen molar-refractivity contribution in [1.29, 1.82) is 0 Å². The lowest BCUT2D eigenvalue weighted by Gasteiger charge is -2.10. The molecular formula is C24H18O4. The standard InChI is InChI=1S/C24H18O4/c25-17-21(15-16-27-24(26)20-11-5-2-6-12-20)22-13-7-8-14-23(22)28-18-19-9-3-1-4-10-19/h1-16H,18H2/b16-15+. The third-order valence-electron chi connectivity index (χ3n) is 3.94. The van der Waals surface area contributed by atoms with E-state index in [1.807, 2.05) is 48.4 Å². The van der Waals surface area contributed by atoms with E-state index in [0.29, 0.717) is 23.5 Å². The second kappa shape index (κ2) is 9.72. The molecule has 0 unspecified atom stereocenters. The number of benzene rings is 3. The molecule has 0 amide bonds. The Morgan fingerprint density at radius 2 is 1.50 bits per heavy atom. The molecular weight excluding hydrogens is 352 g/mol. The molecule has 3 aromatic carbocycles. The van der Waals surface area contributed by atoms with Crippen LogP contribution in [-0.4, -0.2) is 11.9 Å². The normalized spacial score (nSPS) is 10.3. The molecule has 0 aliphatic carbocycles. The van der Waals surface area contributed by atoms with Gasteiger partial charge in [0.1, 0.15) is 18.3 Å². The Labute approximate surface area is 163 Å². The van der Waals surface area contributed by atoms with Crippen molar-refractivity contribution < 1.29 is 19.1 Å². The third-order valence-corrected chi connectivity index (χ3v) is 3.94. The minimum atomic E-state index is -0.504. The maximum absolute atomic E-state index is 12.0. The van der Waals surface area contributed by atoms with Gasteiger partial charge < -0.3 is 9.47 Å². The smallest absolute Gasteiger partial charge is 0.342 e. The first-order chi connectivity index (χ1) is 13.8. The van der Waals surface area contributed by atoms with Crippen molar-refractivity contribution in [1.82, 2.24) is 0 Å². The molecule has 0 heterocycles. The molecule has 0 saturated carbocycles. The fourth-order valence-electron chi connectivity index (χ4n) is 2.54. The van der Waals surface area contributed by atoms with Crippen molar-refractivity contribution in [3.63, 3.8) is 0 Å². The Morgan fingerprint density at radius 3 is 2.21 bits per heavy atom. The third kappa shape index (κ3) is 5.07. The number of carbonyl (C=O) groups excluding carboxylic acids is 2. The summed E-state index contributed by atoms with van der Waals surface area (Å²) in [5.41, 5.74) is 2.24. The Hall–Kier alpha value is -3.88. The number of rotatable bonds is 7. The number of carbonyl (C=O) groups is 1. The van der Waals surface area contributed by atoms with Crippen molar-refractivity contribution in [2.45, 2.75) is 6.61 Å². The van der Waals surface area contributed by atoms with Gasteiger partial charge in [0.2, 0.25) is 0 Å². The van der Waals surface area contributed by atoms with Gasteiger partial charge in [0, 0.05) is 5.56 Å². The van der Waals surface area contributed by atoms with Gasteiger partial charge in [-0.05, 0) is 35.9 Å². The van der Waals surface area contributed by atoms with Gasteiger partial charge in [-0.15, -0.1) is 0 Å². The van der Waals surface area contributed by atoms with Gasteiger partial charge in [-0.1, -0.05) is 60.7 Å². The SMILES string of the molecule is O=C=C(/C=C/OC(=O)c1ccccc1)c1ccccc1OCc1ccccc1. The quantitative estimate of drug-likeness (QED) is 0.258. The van der Waals surface area contributed by atoms with Crippen molar-refractivity contribution in [2.24, 2.45) is 0 Å². The van der Waals surface area contributed by atoms with Gasteiger partial charge in [0.15, 0.2) is 0 Å². The second-order valence-electron chi connectivity index (χ2n) is 5.86. The molecule has 3 rings (SSSR count). The van der Waals surface area contributed by atoms with Crippen LogP contribution in [0.2, 0.25) is 0 Å². The highest BCUT2D eigenvalue weighted by Gasteiger charge is 2.09. The maximum atomic E-state index is 12.0. The number of hydrogen-bond acceptors (Lipinski definition) is 4. The van der Waals surface area contributed by atoms with E-state index in [4.69, 9.17) is 9.47 Å². The zero-order valence-corrected chi connectivity index (χ0v) is 15.1. The van der Waals surface area contributed by atoms with Crippen LogP contribution in [0.5, 0.6) is 5.75 Å². The lowest BCUT2D eigenvalue weighted by atomic mass is 10.1. The lowest BCUT2D eigenvalue weighted by molar-refractivity contribution is 0.0663. The lowest BCUT2D eigenvalue weighted by Crippen LogP contribution is -2.00. The molecule has 0 fully saturated rings. The summed E-state index contributed by atoms with van der Waals surface area (Å²) in [6, 6.07) is 25.5. The van der Waals surface area contributed by atoms with Crippen LogP contribution in [0.4, 0.5) is 0 Å². The van der Waals surface area contributed by atoms with Gasteiger partial charge >= 0.3 is 5.97 Å². The second-order valence-corrected chi connectivity index (χ2v) is 5.86. The predicted octanol–water partition coefficient (Wildman–Crippen LogP) is 4.85. The average molecular weight is 370 g/mol. The molecule has 0 aromatic heterocycles. The number of hydrogen-bond donors (Lipinski definition) is 0. The van der Waals surface area contributed by atoms with E-state index < -0.39 is 5.97 Å². The molecule has 3 aromatic rings. The summed E-state index contributed by atoms with van der Waals surface area (Å²) in [4.78, 5) is 23.4. The van der Waals surface area contributed by atoms with Crippen LogP contribution < -0.4 is 4.74 Å². The molecule has 0 aliphatic heterocycles. The van der Waals surface area contributed by atoms with E-state index in [0.717, 1.165) is 5.56 Å². The fourth-order valence-corrected chi connectivity index (χ4v) is 2.54. The Kier molecular flexibility index (Phi) is 6.56. The molecule has 0 spiro atoms. The summed E-state index contributed by atoms with van der Waals surface area (Å²) in [7, 11) is 0. The fraction of sp³-hybridized carbons (Fsp3) is 0.0417. The molecule has 0 atom stereocenters. The zero-order valence-electron chi connectivity index (χ0n) is 15.1. The maximum Gasteiger partial charge on any atom is 0.342 e. The van der Waals surface area contributed by atoms with Gasteiger partial charge in [-0.3, -0.25) is 0 Å². The van der Waals surface area contributed by atoms with Crippen molar-refractivity contribution >= 4 is 17.5 Å². The number of ether oxygens (including phenoxy) is 2. The first-order valence-electron chi connectivity index (χ1n) is 8.72. The Balaban J connectivity index is 1.70. The summed E-state index contributed by atoms with van der Waals surface area (Å²) in [5, 5.41) is 0. The molecule has 0 aliphatic rings. The first-order valence-corrected chi connectivity index (χ1v) is 8.72. The molecule has 0 radical (unpaired) electrons. The van der Waals surface area contributed by atoms with E-state index in [2.05, 4.69) is 0 Å². The van der Waals surface area contributed by atoms with Crippen LogP contribution in [-0.2, 0) is 16.1 Å². The minimum absolute atomic E-state index is 0.226. The summed E-state index contributed by atoms with van der Waals surface area (Å²) in [5.74, 6) is 1.92. The molecule has 4 heteroatoms. The minimum Gasteiger partial charge on any atom is -0.488 e.